The molecule has 0 aliphatic rings. The van der Waals surface area contributed by atoms with Gasteiger partial charge in [0.05, 0.1) is 5.69 Å². The van der Waals surface area contributed by atoms with Crippen molar-refractivity contribution in [2.75, 3.05) is 4.31 Å². The Bertz CT molecular complexity index is 634. The van der Waals surface area contributed by atoms with Crippen LogP contribution in [-0.4, -0.2) is 12.3 Å². The largest absolute Gasteiger partial charge is 0.455 e. The van der Waals surface area contributed by atoms with Gasteiger partial charge in [-0.15, -0.1) is 0 Å². The fraction of sp³-hybridized carbons (Fsp3) is 0.278. The first-order chi connectivity index (χ1) is 11.6. The van der Waals surface area contributed by atoms with Crippen LogP contribution >= 0.6 is 12.8 Å². The summed E-state index contributed by atoms with van der Waals surface area (Å²) < 4.78 is 12.9. The van der Waals surface area contributed by atoms with Gasteiger partial charge in [0, 0.05) is 6.42 Å². The molecule has 0 saturated carbocycles. The Balaban J connectivity index is 2.04. The minimum Gasteiger partial charge on any atom is -0.455 e. The van der Waals surface area contributed by atoms with E-state index < -0.39 is 6.03 Å². The number of benzene rings is 2. The number of amides is 2. The summed E-state index contributed by atoms with van der Waals surface area (Å²) in [6, 6.07) is 15.9. The van der Waals surface area contributed by atoms with Crippen LogP contribution in [0.1, 0.15) is 26.2 Å². The molecule has 1 unspecified atom stereocenters. The number of carbonyl (C=O) groups is 1. The van der Waals surface area contributed by atoms with Crippen LogP contribution < -0.4 is 19.5 Å². The molecule has 2 aromatic rings. The van der Waals surface area contributed by atoms with E-state index in [4.69, 9.17) is 15.2 Å². The van der Waals surface area contributed by atoms with E-state index in [2.05, 4.69) is 19.7 Å². The Morgan fingerprint density at radius 1 is 1.08 bits per heavy atom. The monoisotopic (exact) mass is 346 g/mol. The second-order valence-corrected chi connectivity index (χ2v) is 5.66. The van der Waals surface area contributed by atoms with Gasteiger partial charge in [0.15, 0.2) is 0 Å². The summed E-state index contributed by atoms with van der Waals surface area (Å²) in [5.74, 6) is 1.42. The number of primary amides is 1. The molecule has 0 aliphatic carbocycles. The fourth-order valence-corrected chi connectivity index (χ4v) is 2.24. The van der Waals surface area contributed by atoms with Gasteiger partial charge < -0.3 is 15.2 Å². The molecule has 24 heavy (non-hydrogen) atoms. The van der Waals surface area contributed by atoms with Crippen molar-refractivity contribution in [3.8, 4) is 11.5 Å². The molecule has 1 atom stereocenters. The third-order valence-corrected chi connectivity index (χ3v) is 3.79. The maximum atomic E-state index is 11.1. The average molecular weight is 346 g/mol. The summed E-state index contributed by atoms with van der Waals surface area (Å²) in [4.78, 5) is 11.1. The molecule has 2 N–H and O–H groups in total. The summed E-state index contributed by atoms with van der Waals surface area (Å²) in [7, 11) is 0. The summed E-state index contributed by atoms with van der Waals surface area (Å²) in [6.45, 7) is 2.12. The number of unbranched alkanes of at least 4 members (excludes halogenated alkanes) is 1. The molecular weight excluding hydrogens is 324 g/mol. The van der Waals surface area contributed by atoms with Gasteiger partial charge >= 0.3 is 6.03 Å². The quantitative estimate of drug-likeness (QED) is 0.550. The van der Waals surface area contributed by atoms with Crippen molar-refractivity contribution in [3.05, 3.63) is 54.6 Å². The van der Waals surface area contributed by atoms with Gasteiger partial charge in [-0.3, -0.25) is 0 Å². The predicted molar refractivity (Wildman–Crippen MR) is 98.5 cm³/mol. The van der Waals surface area contributed by atoms with Crippen LogP contribution in [0.5, 0.6) is 11.5 Å². The SMILES string of the molecule is CCCCC(Oc1ccccc1)Oc1ccc(N(S)C(N)=O)cc1. The highest BCUT2D eigenvalue weighted by atomic mass is 32.1. The first-order valence-electron chi connectivity index (χ1n) is 7.87. The number of thiol groups is 1. The van der Waals surface area contributed by atoms with Gasteiger partial charge in [-0.25, -0.2) is 9.10 Å². The van der Waals surface area contributed by atoms with Crippen LogP contribution in [0.25, 0.3) is 0 Å². The van der Waals surface area contributed by atoms with Crippen LogP contribution in [0.4, 0.5) is 10.5 Å². The predicted octanol–water partition coefficient (Wildman–Crippen LogP) is 4.39. The molecule has 0 heterocycles. The van der Waals surface area contributed by atoms with Crippen molar-refractivity contribution in [2.45, 2.75) is 32.5 Å². The minimum absolute atomic E-state index is 0.374. The minimum atomic E-state index is -0.639. The van der Waals surface area contributed by atoms with Gasteiger partial charge in [-0.2, -0.15) is 0 Å². The van der Waals surface area contributed by atoms with Crippen molar-refractivity contribution in [3.63, 3.8) is 0 Å². The number of hydrogen-bond acceptors (Lipinski definition) is 4. The Labute approximate surface area is 147 Å². The Morgan fingerprint density at radius 3 is 2.21 bits per heavy atom. The van der Waals surface area contributed by atoms with E-state index in [1.165, 1.54) is 0 Å². The van der Waals surface area contributed by atoms with Crippen LogP contribution in [0, 0.1) is 0 Å². The van der Waals surface area contributed by atoms with Gasteiger partial charge in [0.2, 0.25) is 6.29 Å². The van der Waals surface area contributed by atoms with E-state index in [1.807, 2.05) is 30.3 Å². The smallest absolute Gasteiger partial charge is 0.329 e. The third-order valence-electron chi connectivity index (χ3n) is 3.36. The third kappa shape index (κ3) is 5.38. The molecule has 0 radical (unpaired) electrons. The van der Waals surface area contributed by atoms with Gasteiger partial charge in [0.25, 0.3) is 0 Å². The van der Waals surface area contributed by atoms with Crippen LogP contribution in [0.3, 0.4) is 0 Å². The summed E-state index contributed by atoms with van der Waals surface area (Å²) in [5, 5.41) is 0. The number of para-hydroxylation sites is 1. The maximum absolute atomic E-state index is 11.1. The maximum Gasteiger partial charge on any atom is 0.329 e. The van der Waals surface area contributed by atoms with Crippen LogP contribution in [0.2, 0.25) is 0 Å². The number of anilines is 1. The Kier molecular flexibility index (Phi) is 6.81. The molecule has 6 heteroatoms. The lowest BCUT2D eigenvalue weighted by molar-refractivity contribution is -0.00211. The first-order valence-corrected chi connectivity index (χ1v) is 8.27. The average Bonchev–Trinajstić information content (AvgIpc) is 2.60. The van der Waals surface area contributed by atoms with E-state index in [9.17, 15) is 4.79 Å². The fourth-order valence-electron chi connectivity index (χ4n) is 2.11. The number of nitrogens with two attached hydrogens (primary N) is 1. The Morgan fingerprint density at radius 2 is 1.67 bits per heavy atom. The molecule has 0 spiro atoms. The zero-order chi connectivity index (χ0) is 17.4. The highest BCUT2D eigenvalue weighted by Crippen LogP contribution is 2.23. The number of hydrogen-bond donors (Lipinski definition) is 2. The van der Waals surface area contributed by atoms with E-state index in [0.717, 1.165) is 29.3 Å². The molecule has 0 saturated heterocycles. The van der Waals surface area contributed by atoms with Crippen molar-refractivity contribution in [1.29, 1.82) is 0 Å². The van der Waals surface area contributed by atoms with Crippen molar-refractivity contribution in [2.24, 2.45) is 5.73 Å². The molecule has 128 valence electrons. The molecular formula is C18H22N2O3S. The van der Waals surface area contributed by atoms with Crippen molar-refractivity contribution in [1.82, 2.24) is 0 Å². The van der Waals surface area contributed by atoms with E-state index in [1.54, 1.807) is 24.3 Å². The van der Waals surface area contributed by atoms with E-state index >= 15 is 0 Å². The van der Waals surface area contributed by atoms with Gasteiger partial charge in [0.1, 0.15) is 11.5 Å². The first kappa shape index (κ1) is 18.0. The molecule has 5 nitrogen and oxygen atoms in total. The van der Waals surface area contributed by atoms with E-state index in [0.29, 0.717) is 11.4 Å². The standard InChI is InChI=1S/C18H22N2O3S/c1-2-3-9-17(22-15-7-5-4-6-8-15)23-16-12-10-14(11-13-16)20(24)18(19)21/h4-8,10-13,17,24H,2-3,9H2,1H3,(H2,19,21). The summed E-state index contributed by atoms with van der Waals surface area (Å²) in [6.07, 6.45) is 2.47. The highest BCUT2D eigenvalue weighted by molar-refractivity contribution is 7.82. The number of urea groups is 1. The second kappa shape index (κ2) is 9.08. The number of ether oxygens (including phenoxy) is 2. The normalized spacial score (nSPS) is 11.6. The molecule has 0 bridgehead atoms. The van der Waals surface area contributed by atoms with Crippen LogP contribution in [-0.2, 0) is 0 Å². The molecule has 0 fully saturated rings. The zero-order valence-corrected chi connectivity index (χ0v) is 14.5. The van der Waals surface area contributed by atoms with Gasteiger partial charge in [-0.05, 0) is 42.8 Å². The zero-order valence-electron chi connectivity index (χ0n) is 13.6. The summed E-state index contributed by atoms with van der Waals surface area (Å²) in [5.41, 5.74) is 5.76. The van der Waals surface area contributed by atoms with Crippen LogP contribution in [0.15, 0.2) is 54.6 Å². The summed E-state index contributed by atoms with van der Waals surface area (Å²) >= 11 is 4.02. The Hall–Kier alpha value is -2.34. The lowest BCUT2D eigenvalue weighted by atomic mass is 10.2. The number of carbonyl (C=O) groups excluding carboxylic acids is 1. The topological polar surface area (TPSA) is 64.8 Å². The van der Waals surface area contributed by atoms with E-state index in [-0.39, 0.29) is 6.29 Å². The molecule has 0 aliphatic heterocycles. The highest BCUT2D eigenvalue weighted by Gasteiger charge is 2.13. The molecule has 2 rings (SSSR count). The number of rotatable bonds is 8. The molecule has 2 aromatic carbocycles. The molecule has 2 amide bonds. The van der Waals surface area contributed by atoms with Crippen molar-refractivity contribution >= 4 is 24.5 Å². The van der Waals surface area contributed by atoms with Crippen molar-refractivity contribution < 1.29 is 14.3 Å². The lowest BCUT2D eigenvalue weighted by Gasteiger charge is -2.21. The second-order valence-electron chi connectivity index (χ2n) is 5.26. The van der Waals surface area contributed by atoms with Gasteiger partial charge in [-0.1, -0.05) is 44.4 Å². The number of nitrogens with zero attached hydrogens (tertiary/aromatic N) is 1. The lowest BCUT2D eigenvalue weighted by Crippen LogP contribution is -2.27. The molecule has 0 aromatic heterocycles.